The smallest absolute Gasteiger partial charge is 0.250 e. The molecular weight excluding hydrogens is 390 g/mol. The van der Waals surface area contributed by atoms with Crippen molar-refractivity contribution in [3.63, 3.8) is 0 Å². The van der Waals surface area contributed by atoms with Gasteiger partial charge in [0.15, 0.2) is 5.13 Å². The molecule has 0 spiro atoms. The summed E-state index contributed by atoms with van der Waals surface area (Å²) in [6, 6.07) is 10.7. The van der Waals surface area contributed by atoms with Gasteiger partial charge < -0.3 is 5.32 Å². The van der Waals surface area contributed by atoms with E-state index in [2.05, 4.69) is 15.0 Å². The number of thiazole rings is 1. The highest BCUT2D eigenvalue weighted by Crippen LogP contribution is 2.22. The summed E-state index contributed by atoms with van der Waals surface area (Å²) >= 11 is 2.42. The van der Waals surface area contributed by atoms with Crippen LogP contribution in [0.5, 0.6) is 0 Å². The number of aryl methyl sites for hydroxylation is 1. The van der Waals surface area contributed by atoms with E-state index in [1.807, 2.05) is 25.1 Å². The molecule has 0 aliphatic rings. The van der Waals surface area contributed by atoms with Crippen LogP contribution in [0.3, 0.4) is 0 Å². The lowest BCUT2D eigenvalue weighted by Gasteiger charge is -2.05. The average Bonchev–Trinajstić information content (AvgIpc) is 3.31. The molecule has 0 unspecified atom stereocenters. The molecule has 0 radical (unpaired) electrons. The number of hydrogen-bond donors (Lipinski definition) is 2. The Morgan fingerprint density at radius 2 is 1.96 bits per heavy atom. The fraction of sp³-hybridized carbons (Fsp3) is 0.176. The van der Waals surface area contributed by atoms with Gasteiger partial charge in [0, 0.05) is 18.7 Å². The molecule has 3 rings (SSSR count). The van der Waals surface area contributed by atoms with Gasteiger partial charge in [0.2, 0.25) is 15.8 Å². The second kappa shape index (κ2) is 8.09. The first-order valence-corrected chi connectivity index (χ1v) is 11.0. The number of rotatable bonds is 8. The van der Waals surface area contributed by atoms with Crippen molar-refractivity contribution in [2.24, 2.45) is 0 Å². The van der Waals surface area contributed by atoms with Crippen LogP contribution in [-0.4, -0.2) is 32.3 Å². The van der Waals surface area contributed by atoms with Crippen molar-refractivity contribution in [2.45, 2.75) is 11.1 Å². The van der Waals surface area contributed by atoms with Crippen LogP contribution in [-0.2, 0) is 10.0 Å². The maximum absolute atomic E-state index is 12.5. The van der Waals surface area contributed by atoms with Gasteiger partial charge in [-0.15, -0.1) is 11.3 Å². The van der Waals surface area contributed by atoms with Crippen molar-refractivity contribution in [1.29, 1.82) is 0 Å². The van der Waals surface area contributed by atoms with Crippen molar-refractivity contribution in [3.05, 3.63) is 64.0 Å². The van der Waals surface area contributed by atoms with Crippen molar-refractivity contribution in [2.75, 3.05) is 18.4 Å². The predicted molar refractivity (Wildman–Crippen MR) is 105 cm³/mol. The summed E-state index contributed by atoms with van der Waals surface area (Å²) in [4.78, 5) is 17.3. The number of carbonyl (C=O) groups excluding carboxylic acids is 1. The van der Waals surface area contributed by atoms with Crippen molar-refractivity contribution < 1.29 is 13.2 Å². The Morgan fingerprint density at radius 3 is 2.69 bits per heavy atom. The molecule has 0 aliphatic heterocycles. The third-order valence-corrected chi connectivity index (χ3v) is 7.38. The highest BCUT2D eigenvalue weighted by Gasteiger charge is 2.16. The topological polar surface area (TPSA) is 88.2 Å². The van der Waals surface area contributed by atoms with Crippen LogP contribution in [0.2, 0.25) is 0 Å². The molecule has 2 N–H and O–H groups in total. The Morgan fingerprint density at radius 1 is 1.15 bits per heavy atom. The minimum absolute atomic E-state index is 0.0629. The molecule has 0 amide bonds. The van der Waals surface area contributed by atoms with Gasteiger partial charge in [-0.05, 0) is 23.9 Å². The third kappa shape index (κ3) is 4.36. The quantitative estimate of drug-likeness (QED) is 0.442. The summed E-state index contributed by atoms with van der Waals surface area (Å²) in [6.07, 6.45) is 1.54. The minimum atomic E-state index is -3.46. The van der Waals surface area contributed by atoms with Gasteiger partial charge in [-0.1, -0.05) is 41.7 Å². The van der Waals surface area contributed by atoms with E-state index >= 15 is 0 Å². The lowest BCUT2D eigenvalue weighted by atomic mass is 10.0. The molecule has 2 aromatic heterocycles. The minimum Gasteiger partial charge on any atom is -0.360 e. The lowest BCUT2D eigenvalue weighted by molar-refractivity contribution is 0.104. The normalized spacial score (nSPS) is 11.4. The van der Waals surface area contributed by atoms with Crippen LogP contribution in [0.4, 0.5) is 5.13 Å². The van der Waals surface area contributed by atoms with E-state index in [4.69, 9.17) is 0 Å². The first-order valence-electron chi connectivity index (χ1n) is 7.80. The maximum Gasteiger partial charge on any atom is 0.250 e. The van der Waals surface area contributed by atoms with Crippen molar-refractivity contribution in [1.82, 2.24) is 9.71 Å². The summed E-state index contributed by atoms with van der Waals surface area (Å²) in [5, 5.41) is 5.33. The van der Waals surface area contributed by atoms with Gasteiger partial charge >= 0.3 is 0 Å². The summed E-state index contributed by atoms with van der Waals surface area (Å²) in [5.74, 6) is -0.0629. The Labute approximate surface area is 160 Å². The highest BCUT2D eigenvalue weighted by atomic mass is 32.2. The summed E-state index contributed by atoms with van der Waals surface area (Å²) in [5.41, 5.74) is 1.58. The molecule has 1 aromatic carbocycles. The van der Waals surface area contributed by atoms with Crippen molar-refractivity contribution >= 4 is 43.6 Å². The number of nitrogens with one attached hydrogen (secondary N) is 2. The summed E-state index contributed by atoms with van der Waals surface area (Å²) < 4.78 is 26.8. The van der Waals surface area contributed by atoms with Gasteiger partial charge in [0.05, 0.1) is 11.1 Å². The molecule has 0 saturated carbocycles. The zero-order valence-electron chi connectivity index (χ0n) is 13.9. The second-order valence-electron chi connectivity index (χ2n) is 5.43. The predicted octanol–water partition coefficient (Wildman–Crippen LogP) is 3.13. The Bertz CT molecular complexity index is 995. The van der Waals surface area contributed by atoms with E-state index in [0.29, 0.717) is 22.1 Å². The zero-order valence-corrected chi connectivity index (χ0v) is 16.4. The van der Waals surface area contributed by atoms with E-state index in [-0.39, 0.29) is 16.5 Å². The largest absolute Gasteiger partial charge is 0.360 e. The van der Waals surface area contributed by atoms with E-state index in [1.54, 1.807) is 23.6 Å². The van der Waals surface area contributed by atoms with E-state index in [9.17, 15) is 13.2 Å². The van der Waals surface area contributed by atoms with Crippen LogP contribution in [0.15, 0.2) is 52.2 Å². The van der Waals surface area contributed by atoms with E-state index in [1.165, 1.54) is 28.9 Å². The number of hydrogen-bond acceptors (Lipinski definition) is 7. The Kier molecular flexibility index (Phi) is 5.82. The zero-order chi connectivity index (χ0) is 18.6. The standard InChI is InChI=1S/C17H17N3O3S3/c1-12-5-2-3-6-13(12)16(21)14-11-19-17(25-14)18-8-9-20-26(22,23)15-7-4-10-24-15/h2-7,10-11,20H,8-9H2,1H3,(H,18,19). The molecule has 0 aliphatic carbocycles. The van der Waals surface area contributed by atoms with Gasteiger partial charge in [-0.3, -0.25) is 4.79 Å². The molecule has 26 heavy (non-hydrogen) atoms. The fourth-order valence-corrected chi connectivity index (χ4v) is 5.13. The number of aromatic nitrogens is 1. The van der Waals surface area contributed by atoms with Gasteiger partial charge in [-0.2, -0.15) is 0 Å². The van der Waals surface area contributed by atoms with Crippen LogP contribution in [0.1, 0.15) is 20.8 Å². The molecule has 0 atom stereocenters. The van der Waals surface area contributed by atoms with Gasteiger partial charge in [0.25, 0.3) is 0 Å². The van der Waals surface area contributed by atoms with Crippen LogP contribution >= 0.6 is 22.7 Å². The number of carbonyl (C=O) groups is 1. The van der Waals surface area contributed by atoms with Gasteiger partial charge in [0.1, 0.15) is 4.21 Å². The number of anilines is 1. The number of ketones is 1. The fourth-order valence-electron chi connectivity index (χ4n) is 2.26. The van der Waals surface area contributed by atoms with Crippen molar-refractivity contribution in [3.8, 4) is 0 Å². The average molecular weight is 408 g/mol. The monoisotopic (exact) mass is 407 g/mol. The first-order chi connectivity index (χ1) is 12.5. The highest BCUT2D eigenvalue weighted by molar-refractivity contribution is 7.91. The number of benzene rings is 1. The van der Waals surface area contributed by atoms with Crippen LogP contribution in [0, 0.1) is 6.92 Å². The molecule has 6 nitrogen and oxygen atoms in total. The number of sulfonamides is 1. The van der Waals surface area contributed by atoms with Crippen LogP contribution in [0.25, 0.3) is 0 Å². The van der Waals surface area contributed by atoms with E-state index < -0.39 is 10.0 Å². The summed E-state index contributed by atoms with van der Waals surface area (Å²) in [7, 11) is -3.46. The molecule has 0 bridgehead atoms. The van der Waals surface area contributed by atoms with Gasteiger partial charge in [-0.25, -0.2) is 18.1 Å². The number of thiophene rings is 1. The Balaban J connectivity index is 1.55. The molecule has 136 valence electrons. The Hall–Kier alpha value is -2.07. The molecule has 3 aromatic rings. The third-order valence-electron chi connectivity index (χ3n) is 3.57. The molecule has 9 heteroatoms. The maximum atomic E-state index is 12.5. The summed E-state index contributed by atoms with van der Waals surface area (Å²) in [6.45, 7) is 2.49. The SMILES string of the molecule is Cc1ccccc1C(=O)c1cnc(NCCNS(=O)(=O)c2cccs2)s1. The molecule has 0 saturated heterocycles. The first kappa shape index (κ1) is 18.7. The molecule has 2 heterocycles. The molecular formula is C17H17N3O3S3. The number of nitrogens with zero attached hydrogens (tertiary/aromatic N) is 1. The van der Waals surface area contributed by atoms with Crippen LogP contribution < -0.4 is 10.0 Å². The lowest BCUT2D eigenvalue weighted by Crippen LogP contribution is -2.28. The van der Waals surface area contributed by atoms with E-state index in [0.717, 1.165) is 5.56 Å². The second-order valence-corrected chi connectivity index (χ2v) is 9.40. The molecule has 0 fully saturated rings.